The zero-order valence-corrected chi connectivity index (χ0v) is 14.3. The van der Waals surface area contributed by atoms with Crippen LogP contribution >= 0.6 is 0 Å². The summed E-state index contributed by atoms with van der Waals surface area (Å²) >= 11 is 0. The van der Waals surface area contributed by atoms with Crippen LogP contribution in [0.15, 0.2) is 35.7 Å². The third-order valence-corrected chi connectivity index (χ3v) is 3.74. The topological polar surface area (TPSA) is 105 Å². The molecule has 2 aromatic rings. The Kier molecular flexibility index (Phi) is 6.50. The molecule has 0 saturated heterocycles. The van der Waals surface area contributed by atoms with Gasteiger partial charge >= 0.3 is 0 Å². The Bertz CT molecular complexity index is 721. The highest BCUT2D eigenvalue weighted by atomic mass is 16.6. The summed E-state index contributed by atoms with van der Waals surface area (Å²) in [6, 6.07) is 5.88. The number of oxime groups is 1. The number of hydrogen-bond donors (Lipinski definition) is 2. The Morgan fingerprint density at radius 1 is 1.52 bits per heavy atom. The summed E-state index contributed by atoms with van der Waals surface area (Å²) in [5.74, 6) is 0.207. The monoisotopic (exact) mass is 346 g/mol. The number of aromatic nitrogens is 2. The Labute approximate surface area is 145 Å². The molecule has 1 unspecified atom stereocenters. The largest absolute Gasteiger partial charge is 0.483 e. The Morgan fingerprint density at radius 3 is 2.92 bits per heavy atom. The van der Waals surface area contributed by atoms with Crippen LogP contribution in [-0.4, -0.2) is 45.2 Å². The van der Waals surface area contributed by atoms with Crippen molar-refractivity contribution in [2.24, 2.45) is 11.1 Å². The van der Waals surface area contributed by atoms with Gasteiger partial charge in [-0.25, -0.2) is 4.98 Å². The Balaban J connectivity index is 0.000000701. The van der Waals surface area contributed by atoms with Gasteiger partial charge in [-0.05, 0) is 18.1 Å². The zero-order chi connectivity index (χ0) is 18.2. The molecule has 2 aromatic heterocycles. The summed E-state index contributed by atoms with van der Waals surface area (Å²) < 4.78 is 1.97. The summed E-state index contributed by atoms with van der Waals surface area (Å²) in [6.07, 6.45) is 4.73. The van der Waals surface area contributed by atoms with Crippen molar-refractivity contribution >= 4 is 23.7 Å². The standard InChI is InChI=1S/C16H20N4O2.CH2O2/c1-11(2)13-9-14(22-19-13)16(21)17-7-6-12-10-20-8-4-3-5-15(20)18-12;2-1-3/h3-5,8,10-11,14H,6-7,9H2,1-2H3,(H,17,21);1H,(H,2,3). The number of carboxylic acid groups (broad SMARTS) is 1. The summed E-state index contributed by atoms with van der Waals surface area (Å²) in [5, 5.41) is 13.8. The molecule has 0 fully saturated rings. The first kappa shape index (κ1) is 18.4. The van der Waals surface area contributed by atoms with Crippen LogP contribution < -0.4 is 5.32 Å². The molecule has 1 amide bonds. The van der Waals surface area contributed by atoms with Crippen molar-refractivity contribution in [1.82, 2.24) is 14.7 Å². The lowest BCUT2D eigenvalue weighted by atomic mass is 10.0. The first-order valence-corrected chi connectivity index (χ1v) is 8.06. The number of fused-ring (bicyclic) bond motifs is 1. The number of amides is 1. The van der Waals surface area contributed by atoms with Crippen LogP contribution in [0.25, 0.3) is 5.65 Å². The van der Waals surface area contributed by atoms with E-state index in [1.165, 1.54) is 0 Å². The highest BCUT2D eigenvalue weighted by Gasteiger charge is 2.28. The second kappa shape index (κ2) is 8.81. The lowest BCUT2D eigenvalue weighted by Gasteiger charge is -2.09. The maximum Gasteiger partial charge on any atom is 0.290 e. The van der Waals surface area contributed by atoms with Crippen LogP contribution in [0.3, 0.4) is 0 Å². The van der Waals surface area contributed by atoms with Crippen LogP contribution in [0.2, 0.25) is 0 Å². The molecule has 25 heavy (non-hydrogen) atoms. The van der Waals surface area contributed by atoms with Crippen molar-refractivity contribution in [1.29, 1.82) is 0 Å². The minimum Gasteiger partial charge on any atom is -0.483 e. The molecule has 2 N–H and O–H groups in total. The molecular formula is C17H22N4O4. The molecule has 0 aliphatic carbocycles. The molecule has 1 atom stereocenters. The molecule has 0 saturated carbocycles. The van der Waals surface area contributed by atoms with E-state index in [0.717, 1.165) is 17.1 Å². The number of pyridine rings is 1. The fourth-order valence-electron chi connectivity index (χ4n) is 2.41. The zero-order valence-electron chi connectivity index (χ0n) is 14.3. The van der Waals surface area contributed by atoms with Crippen LogP contribution in [0, 0.1) is 5.92 Å². The molecule has 8 nitrogen and oxygen atoms in total. The third kappa shape index (κ3) is 5.03. The van der Waals surface area contributed by atoms with E-state index in [1.54, 1.807) is 0 Å². The predicted octanol–water partition coefficient (Wildman–Crippen LogP) is 1.49. The van der Waals surface area contributed by atoms with E-state index in [-0.39, 0.29) is 12.4 Å². The van der Waals surface area contributed by atoms with E-state index in [9.17, 15) is 4.79 Å². The Hall–Kier alpha value is -2.90. The van der Waals surface area contributed by atoms with E-state index < -0.39 is 6.10 Å². The van der Waals surface area contributed by atoms with Gasteiger partial charge in [-0.1, -0.05) is 25.1 Å². The van der Waals surface area contributed by atoms with Gasteiger partial charge in [0.15, 0.2) is 0 Å². The van der Waals surface area contributed by atoms with Crippen molar-refractivity contribution in [2.45, 2.75) is 32.8 Å². The average molecular weight is 346 g/mol. The summed E-state index contributed by atoms with van der Waals surface area (Å²) in [5.41, 5.74) is 2.82. The van der Waals surface area contributed by atoms with Crippen LogP contribution in [0.4, 0.5) is 0 Å². The van der Waals surface area contributed by atoms with E-state index in [0.29, 0.717) is 25.3 Å². The van der Waals surface area contributed by atoms with Gasteiger partial charge < -0.3 is 19.7 Å². The minimum atomic E-state index is -0.488. The lowest BCUT2D eigenvalue weighted by molar-refractivity contribution is -0.131. The van der Waals surface area contributed by atoms with E-state index in [4.69, 9.17) is 14.7 Å². The van der Waals surface area contributed by atoms with Crippen molar-refractivity contribution in [2.75, 3.05) is 6.54 Å². The lowest BCUT2D eigenvalue weighted by Crippen LogP contribution is -2.36. The fourth-order valence-corrected chi connectivity index (χ4v) is 2.41. The van der Waals surface area contributed by atoms with Gasteiger partial charge in [0.05, 0.1) is 11.4 Å². The van der Waals surface area contributed by atoms with Crippen molar-refractivity contribution in [3.63, 3.8) is 0 Å². The highest BCUT2D eigenvalue weighted by Crippen LogP contribution is 2.16. The minimum absolute atomic E-state index is 0.108. The van der Waals surface area contributed by atoms with Gasteiger partial charge in [0.25, 0.3) is 12.4 Å². The fraction of sp³-hybridized carbons (Fsp3) is 0.412. The molecule has 3 heterocycles. The van der Waals surface area contributed by atoms with Gasteiger partial charge in [-0.15, -0.1) is 0 Å². The molecule has 3 rings (SSSR count). The summed E-state index contributed by atoms with van der Waals surface area (Å²) in [6.45, 7) is 4.39. The molecule has 134 valence electrons. The van der Waals surface area contributed by atoms with Gasteiger partial charge in [0.1, 0.15) is 5.65 Å². The van der Waals surface area contributed by atoms with Crippen molar-refractivity contribution in [3.05, 3.63) is 36.3 Å². The number of nitrogens with one attached hydrogen (secondary N) is 1. The van der Waals surface area contributed by atoms with E-state index in [2.05, 4.69) is 15.5 Å². The molecule has 0 spiro atoms. The number of rotatable bonds is 5. The van der Waals surface area contributed by atoms with E-state index >= 15 is 0 Å². The van der Waals surface area contributed by atoms with Crippen molar-refractivity contribution in [3.8, 4) is 0 Å². The SMILES string of the molecule is CC(C)C1=NOC(C(=O)NCCc2cn3ccccc3n2)C1.O=CO. The number of carbonyl (C=O) groups is 2. The van der Waals surface area contributed by atoms with Crippen molar-refractivity contribution < 1.29 is 19.5 Å². The molecule has 0 radical (unpaired) electrons. The first-order valence-electron chi connectivity index (χ1n) is 8.06. The highest BCUT2D eigenvalue weighted by molar-refractivity contribution is 5.93. The number of hydrogen-bond acceptors (Lipinski definition) is 5. The molecule has 1 aliphatic heterocycles. The first-order chi connectivity index (χ1) is 12.0. The number of imidazole rings is 1. The maximum absolute atomic E-state index is 12.0. The molecule has 0 aromatic carbocycles. The third-order valence-electron chi connectivity index (χ3n) is 3.74. The predicted molar refractivity (Wildman–Crippen MR) is 92.4 cm³/mol. The number of nitrogens with zero attached hydrogens (tertiary/aromatic N) is 3. The number of carbonyl (C=O) groups excluding carboxylic acids is 1. The Morgan fingerprint density at radius 2 is 2.28 bits per heavy atom. The molecule has 1 aliphatic rings. The smallest absolute Gasteiger partial charge is 0.290 e. The van der Waals surface area contributed by atoms with Gasteiger partial charge in [-0.2, -0.15) is 0 Å². The second-order valence-electron chi connectivity index (χ2n) is 5.88. The normalized spacial score (nSPS) is 16.0. The van der Waals surface area contributed by atoms with Crippen LogP contribution in [-0.2, 0) is 20.8 Å². The van der Waals surface area contributed by atoms with Gasteiger partial charge in [0, 0.05) is 31.8 Å². The molecular weight excluding hydrogens is 324 g/mol. The quantitative estimate of drug-likeness (QED) is 0.798. The summed E-state index contributed by atoms with van der Waals surface area (Å²) in [7, 11) is 0. The molecule has 0 bridgehead atoms. The summed E-state index contributed by atoms with van der Waals surface area (Å²) in [4.78, 5) is 30.1. The maximum atomic E-state index is 12.0. The van der Waals surface area contributed by atoms with Crippen LogP contribution in [0.5, 0.6) is 0 Å². The van der Waals surface area contributed by atoms with Gasteiger partial charge in [0.2, 0.25) is 6.10 Å². The van der Waals surface area contributed by atoms with Crippen LogP contribution in [0.1, 0.15) is 26.0 Å². The molecule has 8 heteroatoms. The van der Waals surface area contributed by atoms with Gasteiger partial charge in [-0.3, -0.25) is 9.59 Å². The van der Waals surface area contributed by atoms with E-state index in [1.807, 2.05) is 48.8 Å². The second-order valence-corrected chi connectivity index (χ2v) is 5.88. The average Bonchev–Trinajstić information content (AvgIpc) is 3.22.